The minimum atomic E-state index is -3.93. The van der Waals surface area contributed by atoms with Gasteiger partial charge in [0.2, 0.25) is 10.0 Å². The number of hydrogen-bond acceptors (Lipinski definition) is 4. The van der Waals surface area contributed by atoms with Gasteiger partial charge in [0.15, 0.2) is 0 Å². The second kappa shape index (κ2) is 10.5. The molecular formula is C24H24ClN3O3S. The molecule has 1 amide bonds. The van der Waals surface area contributed by atoms with E-state index in [1.165, 1.54) is 18.3 Å². The van der Waals surface area contributed by atoms with Crippen molar-refractivity contribution in [2.45, 2.75) is 25.3 Å². The molecule has 0 saturated carbocycles. The molecule has 0 atom stereocenters. The summed E-state index contributed by atoms with van der Waals surface area (Å²) in [6, 6.07) is 21.0. The number of nitrogens with zero attached hydrogens (tertiary/aromatic N) is 2. The van der Waals surface area contributed by atoms with Crippen molar-refractivity contribution in [3.8, 4) is 0 Å². The molecule has 0 bridgehead atoms. The highest BCUT2D eigenvalue weighted by molar-refractivity contribution is 7.89. The van der Waals surface area contributed by atoms with E-state index in [9.17, 15) is 13.2 Å². The average molecular weight is 470 g/mol. The molecule has 1 N–H and O–H groups in total. The highest BCUT2D eigenvalue weighted by atomic mass is 35.5. The summed E-state index contributed by atoms with van der Waals surface area (Å²) in [6.45, 7) is 3.43. The highest BCUT2D eigenvalue weighted by Gasteiger charge is 2.27. The zero-order valence-corrected chi connectivity index (χ0v) is 19.4. The number of rotatable bonds is 8. The third-order valence-electron chi connectivity index (χ3n) is 4.67. The van der Waals surface area contributed by atoms with Gasteiger partial charge in [0.25, 0.3) is 5.91 Å². The van der Waals surface area contributed by atoms with Crippen LogP contribution in [0.15, 0.2) is 82.8 Å². The lowest BCUT2D eigenvalue weighted by Gasteiger charge is -2.21. The molecule has 0 heterocycles. The molecule has 3 rings (SSSR count). The average Bonchev–Trinajstić information content (AvgIpc) is 2.74. The number of carbonyl (C=O) groups is 1. The summed E-state index contributed by atoms with van der Waals surface area (Å²) < 4.78 is 27.7. The zero-order chi connectivity index (χ0) is 23.1. The molecule has 0 fully saturated rings. The molecule has 8 heteroatoms. The van der Waals surface area contributed by atoms with Crippen molar-refractivity contribution in [3.63, 3.8) is 0 Å². The van der Waals surface area contributed by atoms with Crippen LogP contribution in [0, 0.1) is 13.8 Å². The second-order valence-electron chi connectivity index (χ2n) is 7.42. The number of benzene rings is 3. The van der Waals surface area contributed by atoms with E-state index in [0.29, 0.717) is 10.6 Å². The smallest absolute Gasteiger partial charge is 0.255 e. The van der Waals surface area contributed by atoms with Gasteiger partial charge in [-0.15, -0.1) is 0 Å². The quantitative estimate of drug-likeness (QED) is 0.394. The summed E-state index contributed by atoms with van der Waals surface area (Å²) in [5.41, 5.74) is 5.91. The van der Waals surface area contributed by atoms with Crippen LogP contribution in [0.3, 0.4) is 0 Å². The molecule has 0 unspecified atom stereocenters. The Hall–Kier alpha value is -3.00. The van der Waals surface area contributed by atoms with E-state index in [1.54, 1.807) is 36.4 Å². The molecule has 0 spiro atoms. The number of sulfonamides is 1. The fourth-order valence-corrected chi connectivity index (χ4v) is 4.65. The number of carbonyl (C=O) groups excluding carboxylic acids is 1. The fourth-order valence-electron chi connectivity index (χ4n) is 3.05. The minimum Gasteiger partial charge on any atom is -0.272 e. The molecule has 0 radical (unpaired) electrons. The molecule has 3 aromatic carbocycles. The fraction of sp³-hybridized carbons (Fsp3) is 0.167. The van der Waals surface area contributed by atoms with Crippen molar-refractivity contribution in [3.05, 3.63) is 100 Å². The Balaban J connectivity index is 1.80. The second-order valence-corrected chi connectivity index (χ2v) is 9.80. The summed E-state index contributed by atoms with van der Waals surface area (Å²) in [4.78, 5) is 12.7. The van der Waals surface area contributed by atoms with Gasteiger partial charge in [0, 0.05) is 11.6 Å². The maximum absolute atomic E-state index is 13.3. The summed E-state index contributed by atoms with van der Waals surface area (Å²) in [6.07, 6.45) is 1.51. The van der Waals surface area contributed by atoms with Gasteiger partial charge in [-0.1, -0.05) is 71.3 Å². The van der Waals surface area contributed by atoms with Crippen LogP contribution in [-0.4, -0.2) is 31.4 Å². The van der Waals surface area contributed by atoms with E-state index in [1.807, 2.05) is 38.1 Å². The van der Waals surface area contributed by atoms with Crippen LogP contribution in [-0.2, 0) is 21.4 Å². The summed E-state index contributed by atoms with van der Waals surface area (Å²) in [5.74, 6) is -0.549. The van der Waals surface area contributed by atoms with Crippen molar-refractivity contribution in [1.82, 2.24) is 9.73 Å². The molecule has 3 aromatic rings. The monoisotopic (exact) mass is 469 g/mol. The lowest BCUT2D eigenvalue weighted by Crippen LogP contribution is -2.39. The first-order valence-corrected chi connectivity index (χ1v) is 11.8. The van der Waals surface area contributed by atoms with Crippen LogP contribution >= 0.6 is 11.6 Å². The first-order chi connectivity index (χ1) is 15.2. The molecule has 0 aromatic heterocycles. The van der Waals surface area contributed by atoms with E-state index in [2.05, 4.69) is 10.5 Å². The van der Waals surface area contributed by atoms with Gasteiger partial charge in [0.05, 0.1) is 17.7 Å². The standard InChI is InChI=1S/C24H24ClN3O3S/c1-18-9-11-23(12-10-18)32(30,31)28(16-21-7-4-8-22(25)14-21)17-24(29)27-26-15-20-6-3-5-19(2)13-20/h3-15H,16-17H2,1-2H3,(H,27,29)/b26-15-. The Labute approximate surface area is 193 Å². The van der Waals surface area contributed by atoms with Crippen molar-refractivity contribution in [2.24, 2.45) is 5.10 Å². The van der Waals surface area contributed by atoms with Crippen LogP contribution in [0.5, 0.6) is 0 Å². The number of aryl methyl sites for hydroxylation is 2. The summed E-state index contributed by atoms with van der Waals surface area (Å²) in [7, 11) is -3.93. The van der Waals surface area contributed by atoms with Gasteiger partial charge >= 0.3 is 0 Å². The van der Waals surface area contributed by atoms with Crippen molar-refractivity contribution < 1.29 is 13.2 Å². The Morgan fingerprint density at radius 1 is 1.00 bits per heavy atom. The van der Waals surface area contributed by atoms with E-state index in [-0.39, 0.29) is 11.4 Å². The molecule has 6 nitrogen and oxygen atoms in total. The summed E-state index contributed by atoms with van der Waals surface area (Å²) >= 11 is 6.05. The van der Waals surface area contributed by atoms with Crippen molar-refractivity contribution in [2.75, 3.05) is 6.54 Å². The van der Waals surface area contributed by atoms with Crippen LogP contribution < -0.4 is 5.43 Å². The van der Waals surface area contributed by atoms with Crippen LogP contribution in [0.2, 0.25) is 5.02 Å². The van der Waals surface area contributed by atoms with Gasteiger partial charge in [-0.25, -0.2) is 13.8 Å². The largest absolute Gasteiger partial charge is 0.272 e. The lowest BCUT2D eigenvalue weighted by atomic mass is 10.2. The van der Waals surface area contributed by atoms with Crippen LogP contribution in [0.1, 0.15) is 22.3 Å². The number of halogens is 1. The molecular weight excluding hydrogens is 446 g/mol. The van der Waals surface area contributed by atoms with Gasteiger partial charge < -0.3 is 0 Å². The highest BCUT2D eigenvalue weighted by Crippen LogP contribution is 2.20. The van der Waals surface area contributed by atoms with E-state index >= 15 is 0 Å². The first-order valence-electron chi connectivity index (χ1n) is 9.94. The molecule has 0 aliphatic carbocycles. The number of nitrogens with one attached hydrogen (secondary N) is 1. The normalized spacial score (nSPS) is 11.8. The number of hydrazone groups is 1. The van der Waals surface area contributed by atoms with Gasteiger partial charge in [0.1, 0.15) is 0 Å². The van der Waals surface area contributed by atoms with Crippen LogP contribution in [0.25, 0.3) is 0 Å². The molecule has 0 aliphatic rings. The SMILES string of the molecule is Cc1ccc(S(=O)(=O)N(CC(=O)N/N=C\c2cccc(C)c2)Cc2cccc(Cl)c2)cc1. The van der Waals surface area contributed by atoms with Gasteiger partial charge in [-0.05, 0) is 49.2 Å². The zero-order valence-electron chi connectivity index (χ0n) is 17.8. The molecule has 166 valence electrons. The molecule has 0 aliphatic heterocycles. The predicted octanol–water partition coefficient (Wildman–Crippen LogP) is 4.30. The summed E-state index contributed by atoms with van der Waals surface area (Å²) in [5, 5.41) is 4.44. The third-order valence-corrected chi connectivity index (χ3v) is 6.71. The van der Waals surface area contributed by atoms with Crippen LogP contribution in [0.4, 0.5) is 0 Å². The predicted molar refractivity (Wildman–Crippen MR) is 127 cm³/mol. The lowest BCUT2D eigenvalue weighted by molar-refractivity contribution is -0.121. The van der Waals surface area contributed by atoms with E-state index in [0.717, 1.165) is 21.0 Å². The number of hydrogen-bond donors (Lipinski definition) is 1. The Kier molecular flexibility index (Phi) is 7.80. The van der Waals surface area contributed by atoms with E-state index < -0.39 is 22.5 Å². The Morgan fingerprint density at radius 2 is 1.72 bits per heavy atom. The minimum absolute atomic E-state index is 0.00815. The van der Waals surface area contributed by atoms with Crippen molar-refractivity contribution in [1.29, 1.82) is 0 Å². The third kappa shape index (κ3) is 6.50. The maximum Gasteiger partial charge on any atom is 0.255 e. The Morgan fingerprint density at radius 3 is 2.41 bits per heavy atom. The maximum atomic E-state index is 13.3. The Bertz CT molecular complexity index is 1230. The topological polar surface area (TPSA) is 78.8 Å². The van der Waals surface area contributed by atoms with Gasteiger partial charge in [-0.3, -0.25) is 4.79 Å². The first kappa shape index (κ1) is 23.7. The molecule has 0 saturated heterocycles. The van der Waals surface area contributed by atoms with Gasteiger partial charge in [-0.2, -0.15) is 9.41 Å². The van der Waals surface area contributed by atoms with Crippen molar-refractivity contribution >= 4 is 33.7 Å². The van der Waals surface area contributed by atoms with E-state index in [4.69, 9.17) is 11.6 Å². The molecule has 32 heavy (non-hydrogen) atoms. The number of amides is 1.